The fourth-order valence-corrected chi connectivity index (χ4v) is 2.61. The molecule has 1 aromatic rings. The van der Waals surface area contributed by atoms with Crippen LogP contribution in [-0.2, 0) is 19.5 Å². The van der Waals surface area contributed by atoms with E-state index in [1.54, 1.807) is 19.2 Å². The quantitative estimate of drug-likeness (QED) is 0.490. The predicted octanol–water partition coefficient (Wildman–Crippen LogP) is 2.98. The van der Waals surface area contributed by atoms with Gasteiger partial charge in [0.1, 0.15) is 12.2 Å². The van der Waals surface area contributed by atoms with Crippen LogP contribution in [0.15, 0.2) is 18.2 Å². The van der Waals surface area contributed by atoms with Crippen molar-refractivity contribution in [3.05, 3.63) is 23.8 Å². The Kier molecular flexibility index (Phi) is 6.34. The van der Waals surface area contributed by atoms with Gasteiger partial charge in [0, 0.05) is 5.56 Å². The molecule has 1 radical (unpaired) electrons. The summed E-state index contributed by atoms with van der Waals surface area (Å²) in [5.74, 6) is -1.08. The number of carbonyl (C=O) groups excluding carboxylic acids is 1. The van der Waals surface area contributed by atoms with E-state index < -0.39 is 27.3 Å². The number of carbonyl (C=O) groups is 2. The molecule has 127 valence electrons. The molecule has 0 aliphatic carbocycles. The van der Waals surface area contributed by atoms with Crippen LogP contribution >= 0.6 is 0 Å². The predicted molar refractivity (Wildman–Crippen MR) is 90.0 cm³/mol. The van der Waals surface area contributed by atoms with E-state index in [-0.39, 0.29) is 5.41 Å². The number of anilines is 1. The number of amides is 1. The monoisotopic (exact) mass is 338 g/mol. The van der Waals surface area contributed by atoms with Crippen LogP contribution in [-0.4, -0.2) is 33.1 Å². The zero-order valence-electron chi connectivity index (χ0n) is 14.5. The van der Waals surface area contributed by atoms with Crippen molar-refractivity contribution in [3.63, 3.8) is 0 Å². The highest BCUT2D eigenvalue weighted by atomic mass is 28.3. The Morgan fingerprint density at radius 2 is 1.87 bits per heavy atom. The fraction of sp³-hybridized carbons (Fsp3) is 0.500. The third-order valence-electron chi connectivity index (χ3n) is 3.03. The lowest BCUT2D eigenvalue weighted by Crippen LogP contribution is -2.36. The van der Waals surface area contributed by atoms with E-state index >= 15 is 0 Å². The normalized spacial score (nSPS) is 11.4. The topological polar surface area (TPSA) is 76.1 Å². The van der Waals surface area contributed by atoms with E-state index in [9.17, 15) is 9.59 Å². The van der Waals surface area contributed by atoms with E-state index in [4.69, 9.17) is 14.4 Å². The summed E-state index contributed by atoms with van der Waals surface area (Å²) in [6, 6.07) is 5.26. The number of hydrogen-bond donors (Lipinski definition) is 1. The maximum atomic E-state index is 12.2. The molecule has 7 heteroatoms. The van der Waals surface area contributed by atoms with Crippen molar-refractivity contribution in [2.24, 2.45) is 0 Å². The molecule has 23 heavy (non-hydrogen) atoms. The van der Waals surface area contributed by atoms with Crippen molar-refractivity contribution in [2.45, 2.75) is 45.7 Å². The molecule has 6 nitrogen and oxygen atoms in total. The zero-order valence-corrected chi connectivity index (χ0v) is 15.5. The summed E-state index contributed by atoms with van der Waals surface area (Å²) < 4.78 is 11.0. The minimum atomic E-state index is -1.24. The molecule has 0 fully saturated rings. The molecule has 0 unspecified atom stereocenters. The average molecular weight is 338 g/mol. The van der Waals surface area contributed by atoms with Crippen molar-refractivity contribution in [3.8, 4) is 5.75 Å². The number of nitrogens with zero attached hydrogens (tertiary/aromatic N) is 1. The summed E-state index contributed by atoms with van der Waals surface area (Å²) in [4.78, 5) is 23.1. The molecule has 0 bridgehead atoms. The van der Waals surface area contributed by atoms with Crippen LogP contribution in [0.25, 0.3) is 0 Å². The van der Waals surface area contributed by atoms with Crippen molar-refractivity contribution in [1.82, 2.24) is 0 Å². The van der Waals surface area contributed by atoms with Gasteiger partial charge in [-0.3, -0.25) is 9.59 Å². The number of aliphatic carboxylic acids is 1. The van der Waals surface area contributed by atoms with Crippen LogP contribution < -0.4 is 9.80 Å². The third kappa shape index (κ3) is 5.37. The first-order valence-electron chi connectivity index (χ1n) is 7.27. The molecule has 0 saturated heterocycles. The Balaban J connectivity index is 3.30. The van der Waals surface area contributed by atoms with Crippen molar-refractivity contribution < 1.29 is 24.0 Å². The Bertz CT molecular complexity index is 580. The number of rotatable bonds is 6. The SMILES string of the molecule is COc1ccc(N(O[Si](C)C)C(=O)CC(=O)O)cc1C(C)(C)C. The smallest absolute Gasteiger partial charge is 0.312 e. The van der Waals surface area contributed by atoms with Gasteiger partial charge in [0.2, 0.25) is 9.04 Å². The first kappa shape index (κ1) is 19.2. The van der Waals surface area contributed by atoms with Gasteiger partial charge in [0.05, 0.1) is 12.8 Å². The Hall–Kier alpha value is -1.86. The minimum Gasteiger partial charge on any atom is -0.496 e. The lowest BCUT2D eigenvalue weighted by Gasteiger charge is -2.27. The van der Waals surface area contributed by atoms with Gasteiger partial charge in [-0.25, -0.2) is 0 Å². The summed E-state index contributed by atoms with van der Waals surface area (Å²) in [6.07, 6.45) is -0.619. The second-order valence-electron chi connectivity index (χ2n) is 6.39. The van der Waals surface area contributed by atoms with E-state index in [2.05, 4.69) is 0 Å². The van der Waals surface area contributed by atoms with Gasteiger partial charge in [0.25, 0.3) is 5.91 Å². The molecular weight excluding hydrogens is 314 g/mol. The lowest BCUT2D eigenvalue weighted by molar-refractivity contribution is -0.141. The summed E-state index contributed by atoms with van der Waals surface area (Å²) in [6.45, 7) is 9.86. The molecule has 1 aromatic carbocycles. The van der Waals surface area contributed by atoms with Gasteiger partial charge in [0.15, 0.2) is 0 Å². The van der Waals surface area contributed by atoms with Crippen molar-refractivity contribution >= 4 is 26.6 Å². The van der Waals surface area contributed by atoms with Crippen LogP contribution in [0.5, 0.6) is 5.75 Å². The molecule has 1 amide bonds. The number of carboxylic acids is 1. The molecule has 1 rings (SSSR count). The van der Waals surface area contributed by atoms with Gasteiger partial charge in [-0.1, -0.05) is 20.8 Å². The van der Waals surface area contributed by atoms with Crippen LogP contribution in [0.1, 0.15) is 32.8 Å². The maximum Gasteiger partial charge on any atom is 0.312 e. The van der Waals surface area contributed by atoms with E-state index in [0.29, 0.717) is 11.4 Å². The van der Waals surface area contributed by atoms with Crippen LogP contribution in [0.2, 0.25) is 13.1 Å². The molecule has 0 atom stereocenters. The van der Waals surface area contributed by atoms with Gasteiger partial charge < -0.3 is 14.4 Å². The lowest BCUT2D eigenvalue weighted by atomic mass is 9.86. The van der Waals surface area contributed by atoms with Crippen molar-refractivity contribution in [2.75, 3.05) is 12.2 Å². The van der Waals surface area contributed by atoms with Crippen LogP contribution in [0.3, 0.4) is 0 Å². The summed E-state index contributed by atoms with van der Waals surface area (Å²) in [5.41, 5.74) is 1.22. The van der Waals surface area contributed by atoms with Gasteiger partial charge >= 0.3 is 5.97 Å². The third-order valence-corrected chi connectivity index (χ3v) is 3.58. The summed E-state index contributed by atoms with van der Waals surface area (Å²) >= 11 is 0. The molecule has 0 saturated carbocycles. The molecule has 0 heterocycles. The highest BCUT2D eigenvalue weighted by Crippen LogP contribution is 2.34. The Morgan fingerprint density at radius 1 is 1.26 bits per heavy atom. The molecule has 0 aromatic heterocycles. The minimum absolute atomic E-state index is 0.199. The number of carboxylic acid groups (broad SMARTS) is 1. The molecular formula is C16H24NO5Si. The maximum absolute atomic E-state index is 12.2. The number of methoxy groups -OCH3 is 1. The summed E-state index contributed by atoms with van der Waals surface area (Å²) in [5, 5.41) is 9.96. The van der Waals surface area contributed by atoms with Crippen molar-refractivity contribution in [1.29, 1.82) is 0 Å². The number of ether oxygens (including phenoxy) is 1. The standard InChI is InChI=1S/C16H24NO5Si/c1-16(2,3)12-9-11(7-8-13(12)21-4)17(22-23(5)6)14(18)10-15(19)20/h7-9H,10H2,1-6H3,(H,19,20). The molecule has 0 spiro atoms. The molecule has 0 aliphatic rings. The van der Waals surface area contributed by atoms with Gasteiger partial charge in [-0.2, -0.15) is 5.06 Å². The molecule has 0 aliphatic heterocycles. The average Bonchev–Trinajstić information content (AvgIpc) is 2.42. The first-order valence-corrected chi connectivity index (χ1v) is 9.68. The summed E-state index contributed by atoms with van der Waals surface area (Å²) in [7, 11) is 0.348. The Labute approximate surface area is 138 Å². The van der Waals surface area contributed by atoms with E-state index in [1.807, 2.05) is 39.9 Å². The highest BCUT2D eigenvalue weighted by molar-refractivity contribution is 6.48. The number of hydrogen-bond acceptors (Lipinski definition) is 4. The number of hydroxylamine groups is 1. The fourth-order valence-electron chi connectivity index (χ4n) is 2.04. The Morgan fingerprint density at radius 3 is 2.30 bits per heavy atom. The second kappa shape index (κ2) is 7.61. The van der Waals surface area contributed by atoms with Gasteiger partial charge in [-0.15, -0.1) is 0 Å². The van der Waals surface area contributed by atoms with Crippen LogP contribution in [0, 0.1) is 0 Å². The van der Waals surface area contributed by atoms with E-state index in [1.165, 1.54) is 0 Å². The zero-order chi connectivity index (χ0) is 17.8. The van der Waals surface area contributed by atoms with Crippen LogP contribution in [0.4, 0.5) is 5.69 Å². The first-order chi connectivity index (χ1) is 10.6. The molecule has 1 N–H and O–H groups in total. The largest absolute Gasteiger partial charge is 0.496 e. The van der Waals surface area contributed by atoms with E-state index in [0.717, 1.165) is 10.6 Å². The second-order valence-corrected chi connectivity index (χ2v) is 8.39. The van der Waals surface area contributed by atoms with Gasteiger partial charge in [-0.05, 0) is 36.7 Å². The highest BCUT2D eigenvalue weighted by Gasteiger charge is 2.25. The number of benzene rings is 1.